The molecule has 6 nitrogen and oxygen atoms in total. The number of nitrogens with two attached hydrogens (primary N) is 1. The van der Waals surface area contributed by atoms with Crippen molar-refractivity contribution >= 4 is 27.6 Å². The molecule has 2 aromatic carbocycles. The Morgan fingerprint density at radius 3 is 2.72 bits per heavy atom. The summed E-state index contributed by atoms with van der Waals surface area (Å²) in [6, 6.07) is 8.84. The minimum absolute atomic E-state index is 0.0507. The summed E-state index contributed by atoms with van der Waals surface area (Å²) in [7, 11) is -4.02. The fourth-order valence-corrected chi connectivity index (χ4v) is 7.86. The number of hydrogen-bond donors (Lipinski definition) is 2. The van der Waals surface area contributed by atoms with Crippen LogP contribution in [0.4, 0.5) is 4.39 Å². The average molecular weight is 534 g/mol. The van der Waals surface area contributed by atoms with Crippen molar-refractivity contribution < 1.29 is 27.4 Å². The number of phenolic OH excluding ortho intramolecular Hbond substituents is 1. The Morgan fingerprint density at radius 1 is 1.28 bits per heavy atom. The molecule has 0 bridgehead atoms. The van der Waals surface area contributed by atoms with Crippen LogP contribution in [0.25, 0.3) is 0 Å². The topological polar surface area (TPSA) is 107 Å². The molecule has 5 rings (SSSR count). The summed E-state index contributed by atoms with van der Waals surface area (Å²) < 4.78 is 45.2. The van der Waals surface area contributed by atoms with Crippen molar-refractivity contribution in [1.29, 1.82) is 0 Å². The van der Waals surface area contributed by atoms with Crippen molar-refractivity contribution in [1.82, 2.24) is 0 Å². The van der Waals surface area contributed by atoms with Crippen LogP contribution in [0.1, 0.15) is 54.1 Å². The van der Waals surface area contributed by atoms with Crippen molar-refractivity contribution in [3.8, 4) is 5.75 Å². The first-order valence-corrected chi connectivity index (χ1v) is 13.9. The molecule has 0 aliphatic heterocycles. The van der Waals surface area contributed by atoms with Crippen LogP contribution in [0.15, 0.2) is 53.9 Å². The second kappa shape index (κ2) is 8.57. The number of allylic oxidation sites excluding steroid dienone is 1. The van der Waals surface area contributed by atoms with Crippen molar-refractivity contribution in [3.05, 3.63) is 70.8 Å². The highest BCUT2D eigenvalue weighted by Crippen LogP contribution is 2.64. The lowest BCUT2D eigenvalue weighted by molar-refractivity contribution is -0.0177. The number of phenols is 1. The first kappa shape index (κ1) is 25.2. The third kappa shape index (κ3) is 3.94. The van der Waals surface area contributed by atoms with Gasteiger partial charge in [-0.15, -0.1) is 6.58 Å². The molecule has 6 atom stereocenters. The second-order valence-electron chi connectivity index (χ2n) is 10.7. The minimum atomic E-state index is -4.02. The molecule has 2 fully saturated rings. The van der Waals surface area contributed by atoms with Gasteiger partial charge in [0.2, 0.25) is 10.0 Å². The van der Waals surface area contributed by atoms with E-state index < -0.39 is 33.7 Å². The maximum atomic E-state index is 15.9. The van der Waals surface area contributed by atoms with E-state index in [1.807, 2.05) is 12.1 Å². The number of rotatable bonds is 4. The zero-order chi connectivity index (χ0) is 26.0. The van der Waals surface area contributed by atoms with E-state index in [0.29, 0.717) is 12.8 Å². The van der Waals surface area contributed by atoms with Crippen molar-refractivity contribution in [2.75, 3.05) is 0 Å². The zero-order valence-electron chi connectivity index (χ0n) is 19.9. The highest BCUT2D eigenvalue weighted by atomic mass is 35.5. The standard InChI is InChI=1S/C27H29ClFNO5S/c1-3-27-9-8-26(2)14-17(35-25(32)19-13-18(36(30,33)34)5-7-22(19)28)12-21(26)24(27)23(29)11-15-10-16(31)4-6-20(15)27/h3-7,10,13,17,21,23-24,31H,1,8-9,11-12,14H2,2H3,(H2,30,33,34)/t17-,21?,23-,24?,26-,27-/m1/s1. The highest BCUT2D eigenvalue weighted by molar-refractivity contribution is 7.89. The van der Waals surface area contributed by atoms with Gasteiger partial charge in [0.15, 0.2) is 0 Å². The van der Waals surface area contributed by atoms with Gasteiger partial charge in [-0.05, 0) is 78.5 Å². The first-order chi connectivity index (χ1) is 16.9. The monoisotopic (exact) mass is 533 g/mol. The molecule has 36 heavy (non-hydrogen) atoms. The average Bonchev–Trinajstić information content (AvgIpc) is 3.13. The Labute approximate surface area is 215 Å². The van der Waals surface area contributed by atoms with Gasteiger partial charge in [0.05, 0.1) is 15.5 Å². The van der Waals surface area contributed by atoms with E-state index in [-0.39, 0.29) is 44.9 Å². The SMILES string of the molecule is C=C[C@]12CC[C@]3(C)C[C@H](OC(=O)c4cc(S(N)(=O)=O)ccc4Cl)CC3C1[C@H](F)Cc1cc(O)ccc12. The number of halogens is 2. The lowest BCUT2D eigenvalue weighted by atomic mass is 9.48. The van der Waals surface area contributed by atoms with E-state index in [4.69, 9.17) is 21.5 Å². The Bertz CT molecular complexity index is 1360. The van der Waals surface area contributed by atoms with Crippen LogP contribution in [-0.2, 0) is 26.6 Å². The van der Waals surface area contributed by atoms with E-state index in [1.165, 1.54) is 12.1 Å². The summed E-state index contributed by atoms with van der Waals surface area (Å²) in [6.07, 6.45) is 3.09. The fraction of sp³-hybridized carbons (Fsp3) is 0.444. The summed E-state index contributed by atoms with van der Waals surface area (Å²) in [5.41, 5.74) is 0.971. The molecule has 3 aliphatic carbocycles. The van der Waals surface area contributed by atoms with Crippen LogP contribution < -0.4 is 5.14 Å². The van der Waals surface area contributed by atoms with Gasteiger partial charge < -0.3 is 9.84 Å². The van der Waals surface area contributed by atoms with Crippen LogP contribution in [0.5, 0.6) is 5.75 Å². The van der Waals surface area contributed by atoms with Gasteiger partial charge in [-0.3, -0.25) is 0 Å². The molecule has 0 saturated heterocycles. The normalized spacial score (nSPS) is 33.2. The summed E-state index contributed by atoms with van der Waals surface area (Å²) in [6.45, 7) is 6.24. The molecule has 0 amide bonds. The number of hydrogen-bond acceptors (Lipinski definition) is 5. The Morgan fingerprint density at radius 2 is 2.03 bits per heavy atom. The summed E-state index contributed by atoms with van der Waals surface area (Å²) in [5.74, 6) is -0.986. The molecule has 0 aromatic heterocycles. The molecule has 3 aliphatic rings. The molecular formula is C27H29ClFNO5S. The van der Waals surface area contributed by atoms with Crippen molar-refractivity contribution in [3.63, 3.8) is 0 Å². The number of carbonyl (C=O) groups is 1. The molecule has 3 N–H and O–H groups in total. The molecule has 192 valence electrons. The van der Waals surface area contributed by atoms with Gasteiger partial charge in [-0.2, -0.15) is 0 Å². The Kier molecular flexibility index (Phi) is 6.01. The third-order valence-electron chi connectivity index (χ3n) is 8.76. The number of alkyl halides is 1. The predicted octanol–water partition coefficient (Wildman–Crippen LogP) is 5.06. The summed E-state index contributed by atoms with van der Waals surface area (Å²) >= 11 is 6.17. The van der Waals surface area contributed by atoms with Gasteiger partial charge in [0.25, 0.3) is 0 Å². The zero-order valence-corrected chi connectivity index (χ0v) is 21.5. The molecule has 2 saturated carbocycles. The van der Waals surface area contributed by atoms with Crippen LogP contribution in [0, 0.1) is 17.3 Å². The van der Waals surface area contributed by atoms with Gasteiger partial charge in [0, 0.05) is 17.8 Å². The predicted molar refractivity (Wildman–Crippen MR) is 134 cm³/mol. The summed E-state index contributed by atoms with van der Waals surface area (Å²) in [5, 5.41) is 15.2. The van der Waals surface area contributed by atoms with E-state index in [9.17, 15) is 18.3 Å². The maximum Gasteiger partial charge on any atom is 0.339 e. The number of esters is 1. The number of aromatic hydroxyl groups is 1. The molecule has 2 aromatic rings. The molecule has 0 spiro atoms. The number of carbonyl (C=O) groups excluding carboxylic acids is 1. The van der Waals surface area contributed by atoms with Crippen LogP contribution >= 0.6 is 11.6 Å². The second-order valence-corrected chi connectivity index (χ2v) is 12.7. The van der Waals surface area contributed by atoms with Crippen molar-refractivity contribution in [2.24, 2.45) is 22.4 Å². The van der Waals surface area contributed by atoms with E-state index in [2.05, 4.69) is 13.5 Å². The van der Waals surface area contributed by atoms with Crippen molar-refractivity contribution in [2.45, 2.75) is 61.6 Å². The largest absolute Gasteiger partial charge is 0.508 e. The summed E-state index contributed by atoms with van der Waals surface area (Å²) in [4.78, 5) is 12.8. The number of benzene rings is 2. The van der Waals surface area contributed by atoms with Gasteiger partial charge >= 0.3 is 5.97 Å². The molecule has 0 radical (unpaired) electrons. The lowest BCUT2D eigenvalue weighted by Gasteiger charge is -2.56. The maximum absolute atomic E-state index is 15.9. The molecular weight excluding hydrogens is 505 g/mol. The minimum Gasteiger partial charge on any atom is -0.508 e. The smallest absolute Gasteiger partial charge is 0.339 e. The fourth-order valence-electron chi connectivity index (χ4n) is 7.13. The molecule has 2 unspecified atom stereocenters. The van der Waals surface area contributed by atoms with E-state index in [0.717, 1.165) is 30.0 Å². The van der Waals surface area contributed by atoms with Gasteiger partial charge in [0.1, 0.15) is 18.0 Å². The lowest BCUT2D eigenvalue weighted by Crippen LogP contribution is -2.54. The number of ether oxygens (including phenoxy) is 1. The number of primary sulfonamides is 1. The number of fused-ring (bicyclic) bond motifs is 5. The molecule has 0 heterocycles. The van der Waals surface area contributed by atoms with Crippen LogP contribution in [-0.4, -0.2) is 31.8 Å². The first-order valence-electron chi connectivity index (χ1n) is 12.0. The van der Waals surface area contributed by atoms with Crippen LogP contribution in [0.2, 0.25) is 5.02 Å². The quantitative estimate of drug-likeness (QED) is 0.422. The van der Waals surface area contributed by atoms with Crippen LogP contribution in [0.3, 0.4) is 0 Å². The highest BCUT2D eigenvalue weighted by Gasteiger charge is 2.61. The number of sulfonamides is 1. The van der Waals surface area contributed by atoms with Gasteiger partial charge in [-0.25, -0.2) is 22.7 Å². The van der Waals surface area contributed by atoms with E-state index in [1.54, 1.807) is 12.1 Å². The van der Waals surface area contributed by atoms with Gasteiger partial charge in [-0.1, -0.05) is 30.7 Å². The molecule has 9 heteroatoms. The Balaban J connectivity index is 1.44. The Hall–Kier alpha value is -2.42. The van der Waals surface area contributed by atoms with E-state index >= 15 is 4.39 Å². The third-order valence-corrected chi connectivity index (χ3v) is 10.0.